The molecular formula is C33H55N3O6S. The van der Waals surface area contributed by atoms with Crippen LogP contribution < -0.4 is 10.0 Å². The zero-order valence-electron chi connectivity index (χ0n) is 26.6. The Balaban J connectivity index is 1.19. The minimum absolute atomic E-state index is 0.110. The number of sulfonamides is 1. The minimum Gasteiger partial charge on any atom is -0.394 e. The summed E-state index contributed by atoms with van der Waals surface area (Å²) in [7, 11) is -3.32. The second-order valence-electron chi connectivity index (χ2n) is 14.9. The number of fused-ring (bicyclic) bond motifs is 2. The van der Waals surface area contributed by atoms with E-state index in [-0.39, 0.29) is 42.2 Å². The average Bonchev–Trinajstić information content (AvgIpc) is 3.35. The molecule has 6 aliphatic rings. The van der Waals surface area contributed by atoms with Crippen molar-refractivity contribution < 1.29 is 28.3 Å². The highest BCUT2D eigenvalue weighted by atomic mass is 32.2. The Morgan fingerprint density at radius 1 is 1.09 bits per heavy atom. The molecule has 1 aliphatic heterocycles. The Morgan fingerprint density at radius 2 is 1.84 bits per heavy atom. The van der Waals surface area contributed by atoms with E-state index in [1.165, 1.54) is 6.42 Å². The van der Waals surface area contributed by atoms with Gasteiger partial charge >= 0.3 is 0 Å². The molecule has 244 valence electrons. The molecule has 43 heavy (non-hydrogen) atoms. The fraction of sp³-hybridized carbons (Fsp3) is 0.909. The van der Waals surface area contributed by atoms with Gasteiger partial charge in [-0.2, -0.15) is 5.06 Å². The summed E-state index contributed by atoms with van der Waals surface area (Å²) < 4.78 is 27.9. The summed E-state index contributed by atoms with van der Waals surface area (Å²) in [6.07, 6.45) is 9.10. The number of aliphatic hydroxyl groups excluding tert-OH is 2. The van der Waals surface area contributed by atoms with E-state index < -0.39 is 34.2 Å². The molecule has 6 rings (SSSR count). The number of carbonyl (C=O) groups excluding carboxylic acids is 1. The van der Waals surface area contributed by atoms with Crippen molar-refractivity contribution >= 4 is 15.9 Å². The molecule has 0 aromatic rings. The predicted octanol–water partition coefficient (Wildman–Crippen LogP) is 3.21. The molecular weight excluding hydrogens is 566 g/mol. The second-order valence-corrected chi connectivity index (χ2v) is 17.0. The van der Waals surface area contributed by atoms with Gasteiger partial charge in [-0.25, -0.2) is 13.1 Å². The van der Waals surface area contributed by atoms with Crippen molar-refractivity contribution in [2.45, 2.75) is 128 Å². The van der Waals surface area contributed by atoms with Crippen molar-refractivity contribution in [3.8, 4) is 11.8 Å². The number of aliphatic hydroxyl groups is 2. The van der Waals surface area contributed by atoms with E-state index in [4.69, 9.17) is 4.84 Å². The Bertz CT molecular complexity index is 1140. The number of hydrogen-bond donors (Lipinski definition) is 4. The number of hydroxylamine groups is 2. The maximum Gasteiger partial charge on any atom is 0.240 e. The maximum absolute atomic E-state index is 13.9. The molecule has 0 aromatic carbocycles. The van der Waals surface area contributed by atoms with Crippen molar-refractivity contribution in [1.82, 2.24) is 15.1 Å². The molecule has 1 saturated heterocycles. The van der Waals surface area contributed by atoms with Crippen LogP contribution in [0.4, 0.5) is 0 Å². The van der Waals surface area contributed by atoms with E-state index in [1.54, 1.807) is 12.0 Å². The third-order valence-corrected chi connectivity index (χ3v) is 13.8. The monoisotopic (exact) mass is 621 g/mol. The van der Waals surface area contributed by atoms with Crippen LogP contribution in [0.2, 0.25) is 0 Å². The number of nitrogens with zero attached hydrogens (tertiary/aromatic N) is 1. The van der Waals surface area contributed by atoms with E-state index in [1.807, 2.05) is 0 Å². The first kappa shape index (κ1) is 33.2. The fourth-order valence-electron chi connectivity index (χ4n) is 9.17. The molecule has 1 amide bonds. The van der Waals surface area contributed by atoms with Gasteiger partial charge in [-0.15, -0.1) is 0 Å². The molecule has 0 spiro atoms. The van der Waals surface area contributed by atoms with E-state index in [2.05, 4.69) is 42.7 Å². The highest BCUT2D eigenvalue weighted by molar-refractivity contribution is 7.90. The normalized spacial score (nSPS) is 38.9. The van der Waals surface area contributed by atoms with E-state index in [9.17, 15) is 23.4 Å². The molecule has 5 aliphatic carbocycles. The number of amides is 1. The van der Waals surface area contributed by atoms with Crippen LogP contribution in [0.3, 0.4) is 0 Å². The molecule has 6 fully saturated rings. The average molecular weight is 622 g/mol. The molecule has 1 heterocycles. The quantitative estimate of drug-likeness (QED) is 0.291. The van der Waals surface area contributed by atoms with Crippen LogP contribution in [0.15, 0.2) is 0 Å². The number of carbonyl (C=O) groups is 1. The van der Waals surface area contributed by atoms with Gasteiger partial charge in [-0.3, -0.25) is 9.63 Å². The molecule has 10 atom stereocenters. The molecule has 0 aromatic heterocycles. The van der Waals surface area contributed by atoms with Crippen LogP contribution in [-0.4, -0.2) is 78.8 Å². The smallest absolute Gasteiger partial charge is 0.240 e. The van der Waals surface area contributed by atoms with Gasteiger partial charge in [0.1, 0.15) is 12.1 Å². The van der Waals surface area contributed by atoms with Gasteiger partial charge in [0.2, 0.25) is 15.9 Å². The van der Waals surface area contributed by atoms with Gasteiger partial charge in [-0.1, -0.05) is 58.3 Å². The highest BCUT2D eigenvalue weighted by Gasteiger charge is 2.57. The van der Waals surface area contributed by atoms with Crippen LogP contribution in [-0.2, 0) is 19.7 Å². The van der Waals surface area contributed by atoms with Gasteiger partial charge in [0.05, 0.1) is 24.5 Å². The number of hydrogen-bond acceptors (Lipinski definition) is 7. The van der Waals surface area contributed by atoms with E-state index in [0.29, 0.717) is 29.7 Å². The molecule has 4 N–H and O–H groups in total. The largest absolute Gasteiger partial charge is 0.394 e. The zero-order valence-corrected chi connectivity index (χ0v) is 27.4. The lowest BCUT2D eigenvalue weighted by Crippen LogP contribution is -2.62. The summed E-state index contributed by atoms with van der Waals surface area (Å²) in [5.41, 5.74) is 0.327. The van der Waals surface area contributed by atoms with Gasteiger partial charge in [0.25, 0.3) is 0 Å². The number of nitrogens with one attached hydrogen (secondary N) is 2. The Hall–Kier alpha value is -1.22. The Kier molecular flexibility index (Phi) is 10.5. The summed E-state index contributed by atoms with van der Waals surface area (Å²) in [4.78, 5) is 20.1. The zero-order chi connectivity index (χ0) is 30.9. The van der Waals surface area contributed by atoms with Crippen LogP contribution in [0.5, 0.6) is 0 Å². The minimum atomic E-state index is -3.32. The maximum atomic E-state index is 13.9. The first-order chi connectivity index (χ1) is 20.4. The lowest BCUT2D eigenvalue weighted by Gasteiger charge is -2.62. The van der Waals surface area contributed by atoms with Gasteiger partial charge in [0, 0.05) is 24.4 Å². The Labute approximate surface area is 259 Å². The van der Waals surface area contributed by atoms with Crippen molar-refractivity contribution in [3.63, 3.8) is 0 Å². The topological polar surface area (TPSA) is 128 Å². The van der Waals surface area contributed by atoms with Crippen LogP contribution in [0, 0.1) is 52.8 Å². The first-order valence-corrected chi connectivity index (χ1v) is 18.5. The third-order valence-electron chi connectivity index (χ3n) is 11.9. The molecule has 2 bridgehead atoms. The lowest BCUT2D eigenvalue weighted by atomic mass is 9.45. The van der Waals surface area contributed by atoms with Crippen LogP contribution >= 0.6 is 0 Å². The van der Waals surface area contributed by atoms with E-state index in [0.717, 1.165) is 64.2 Å². The molecule has 5 saturated carbocycles. The highest BCUT2D eigenvalue weighted by Crippen LogP contribution is 2.61. The van der Waals surface area contributed by atoms with Crippen molar-refractivity contribution in [2.75, 3.05) is 19.7 Å². The van der Waals surface area contributed by atoms with Crippen molar-refractivity contribution in [3.05, 3.63) is 0 Å². The summed E-state index contributed by atoms with van der Waals surface area (Å²) in [5.74, 6) is 7.77. The summed E-state index contributed by atoms with van der Waals surface area (Å²) in [6, 6.07) is -0.560. The number of rotatable bonds is 9. The lowest BCUT2D eigenvalue weighted by molar-refractivity contribution is -0.184. The van der Waals surface area contributed by atoms with Gasteiger partial charge in [-0.05, 0) is 81.0 Å². The van der Waals surface area contributed by atoms with Crippen molar-refractivity contribution in [1.29, 1.82) is 0 Å². The fourth-order valence-corrected chi connectivity index (χ4v) is 10.6. The molecule has 3 unspecified atom stereocenters. The van der Waals surface area contributed by atoms with Gasteiger partial charge in [0.15, 0.2) is 0 Å². The summed E-state index contributed by atoms with van der Waals surface area (Å²) in [6.45, 7) is 9.04. The van der Waals surface area contributed by atoms with Gasteiger partial charge < -0.3 is 15.5 Å². The second kappa shape index (κ2) is 13.6. The van der Waals surface area contributed by atoms with Crippen LogP contribution in [0.25, 0.3) is 0 Å². The SMILES string of the molecule is C[C@@H]1[C@@H](NC(=O)[C@@H]2C([C@H](C)O)[C@H](CO)ON2CC2CCCC(C#CCNS(=O)(=O)C3CCCCC3)C2)C[C@H]2C[C@@H]1C2(C)C. The predicted molar refractivity (Wildman–Crippen MR) is 166 cm³/mol. The Morgan fingerprint density at radius 3 is 2.49 bits per heavy atom. The molecule has 10 heteroatoms. The van der Waals surface area contributed by atoms with E-state index >= 15 is 0 Å². The molecule has 0 radical (unpaired) electrons. The standard InChI is InChI=1S/C33H55N3O6S/c1-21-27-17-25(33(27,3)4)18-28(21)35-32(39)31-30(22(2)38)29(20-37)42-36(31)19-24-11-8-10-23(16-24)12-9-15-34-43(40,41)26-13-6-5-7-14-26/h21-31,34,37-38H,5-8,10-11,13-20H2,1-4H3,(H,35,39)/t21-,22-,23?,24?,25+,27-,28-,29-,30?,31-/m0/s1. The van der Waals surface area contributed by atoms with Crippen molar-refractivity contribution in [2.24, 2.45) is 40.9 Å². The third kappa shape index (κ3) is 7.12. The first-order valence-electron chi connectivity index (χ1n) is 16.9. The summed E-state index contributed by atoms with van der Waals surface area (Å²) >= 11 is 0. The summed E-state index contributed by atoms with van der Waals surface area (Å²) in [5, 5.41) is 25.6. The molecule has 9 nitrogen and oxygen atoms in total. The van der Waals surface area contributed by atoms with Crippen LogP contribution in [0.1, 0.15) is 98.3 Å².